The topological polar surface area (TPSA) is 64.1 Å². The zero-order valence-corrected chi connectivity index (χ0v) is 20.3. The maximum Gasteiger partial charge on any atom is 0.234 e. The van der Waals surface area contributed by atoms with Gasteiger partial charge in [0.25, 0.3) is 0 Å². The van der Waals surface area contributed by atoms with Crippen LogP contribution in [0.15, 0.2) is 71.8 Å². The number of thioether (sulfide) groups is 1. The summed E-state index contributed by atoms with van der Waals surface area (Å²) in [6.07, 6.45) is 0.654. The quantitative estimate of drug-likeness (QED) is 0.217. The van der Waals surface area contributed by atoms with Crippen molar-refractivity contribution in [3.63, 3.8) is 0 Å². The number of nitrogens with one attached hydrogen (secondary N) is 1. The van der Waals surface area contributed by atoms with Crippen LogP contribution in [-0.4, -0.2) is 21.6 Å². The summed E-state index contributed by atoms with van der Waals surface area (Å²) < 4.78 is 6.27. The Morgan fingerprint density at radius 3 is 2.56 bits per heavy atom. The molecule has 0 saturated heterocycles. The van der Waals surface area contributed by atoms with Crippen LogP contribution in [0.1, 0.15) is 22.3 Å². The molecule has 1 amide bonds. The van der Waals surface area contributed by atoms with E-state index in [0.29, 0.717) is 28.8 Å². The first-order valence-electron chi connectivity index (χ1n) is 10.9. The van der Waals surface area contributed by atoms with Crippen LogP contribution in [0, 0.1) is 13.8 Å². The zero-order valence-electron chi connectivity index (χ0n) is 18.8. The number of aryl methyl sites for hydroxylation is 2. The Morgan fingerprint density at radius 2 is 1.79 bits per heavy atom. The van der Waals surface area contributed by atoms with E-state index in [1.54, 1.807) is 24.3 Å². The number of ether oxygens (including phenoxy) is 1. The van der Waals surface area contributed by atoms with Gasteiger partial charge in [0.15, 0.2) is 5.82 Å². The average Bonchev–Trinajstić information content (AvgIpc) is 2.84. The predicted octanol–water partition coefficient (Wildman–Crippen LogP) is 6.84. The van der Waals surface area contributed by atoms with E-state index in [0.717, 1.165) is 38.6 Å². The lowest BCUT2D eigenvalue weighted by Gasteiger charge is -2.23. The summed E-state index contributed by atoms with van der Waals surface area (Å²) in [6.45, 7) is 4.07. The summed E-state index contributed by atoms with van der Waals surface area (Å²) in [5.74, 6) is 2.06. The second-order valence-corrected chi connectivity index (χ2v) is 9.59. The average molecular weight is 488 g/mol. The number of fused-ring (bicyclic) bond motifs is 2. The Balaban J connectivity index is 1.45. The van der Waals surface area contributed by atoms with Crippen molar-refractivity contribution in [3.05, 3.63) is 94.0 Å². The van der Waals surface area contributed by atoms with Crippen LogP contribution in [-0.2, 0) is 11.2 Å². The summed E-state index contributed by atoms with van der Waals surface area (Å²) >= 11 is 7.32. The Labute approximate surface area is 207 Å². The van der Waals surface area contributed by atoms with Crippen LogP contribution in [0.2, 0.25) is 5.02 Å². The number of carbonyl (C=O) groups is 1. The molecule has 2 heterocycles. The molecule has 0 aliphatic carbocycles. The third kappa shape index (κ3) is 4.79. The molecule has 0 saturated carbocycles. The van der Waals surface area contributed by atoms with Gasteiger partial charge in [-0.1, -0.05) is 71.4 Å². The van der Waals surface area contributed by atoms with E-state index in [1.807, 2.05) is 50.2 Å². The van der Waals surface area contributed by atoms with Crippen molar-refractivity contribution in [2.45, 2.75) is 25.3 Å². The molecule has 3 aromatic carbocycles. The molecule has 0 atom stereocenters. The number of hydrogen-bond donors (Lipinski definition) is 1. The number of para-hydroxylation sites is 1. The molecule has 1 aromatic heterocycles. The van der Waals surface area contributed by atoms with Gasteiger partial charge in [-0.05, 0) is 49.2 Å². The van der Waals surface area contributed by atoms with Crippen LogP contribution < -0.4 is 10.1 Å². The Bertz CT molecular complexity index is 1370. The maximum absolute atomic E-state index is 12.6. The van der Waals surface area contributed by atoms with Crippen molar-refractivity contribution in [2.75, 3.05) is 11.1 Å². The fourth-order valence-electron chi connectivity index (χ4n) is 3.78. The number of benzene rings is 3. The highest BCUT2D eigenvalue weighted by Gasteiger charge is 2.25. The number of carbonyl (C=O) groups excluding carboxylic acids is 1. The number of nitrogens with zero attached hydrogens (tertiary/aromatic N) is 2. The minimum absolute atomic E-state index is 0.121. The number of aromatic nitrogens is 2. The molecule has 5 rings (SSSR count). The summed E-state index contributed by atoms with van der Waals surface area (Å²) in [4.78, 5) is 22.2. The Hall–Kier alpha value is -3.35. The summed E-state index contributed by atoms with van der Waals surface area (Å²) in [5.41, 5.74) is 5.82. The first kappa shape index (κ1) is 22.4. The van der Waals surface area contributed by atoms with Crippen molar-refractivity contribution < 1.29 is 9.53 Å². The molecule has 0 unspecified atom stereocenters. The van der Waals surface area contributed by atoms with Gasteiger partial charge < -0.3 is 10.1 Å². The second kappa shape index (κ2) is 9.49. The summed E-state index contributed by atoms with van der Waals surface area (Å²) in [5, 5.41) is 4.28. The molecule has 170 valence electrons. The monoisotopic (exact) mass is 487 g/mol. The molecule has 1 aliphatic rings. The minimum atomic E-state index is -0.121. The normalized spacial score (nSPS) is 11.9. The number of hydrogen-bond acceptors (Lipinski definition) is 5. The summed E-state index contributed by atoms with van der Waals surface area (Å²) in [6, 6.07) is 21.2. The highest BCUT2D eigenvalue weighted by atomic mass is 35.5. The third-order valence-electron chi connectivity index (χ3n) is 5.57. The Kier molecular flexibility index (Phi) is 6.26. The molecule has 0 radical (unpaired) electrons. The minimum Gasteiger partial charge on any atom is -0.438 e. The van der Waals surface area contributed by atoms with Crippen molar-refractivity contribution >= 4 is 35.0 Å². The third-order valence-corrected chi connectivity index (χ3v) is 6.84. The number of anilines is 1. The van der Waals surface area contributed by atoms with E-state index >= 15 is 0 Å². The van der Waals surface area contributed by atoms with E-state index in [1.165, 1.54) is 11.8 Å². The Morgan fingerprint density at radius 1 is 1.03 bits per heavy atom. The van der Waals surface area contributed by atoms with Crippen molar-refractivity contribution in [1.29, 1.82) is 0 Å². The molecule has 1 N–H and O–H groups in total. The van der Waals surface area contributed by atoms with Gasteiger partial charge >= 0.3 is 0 Å². The number of halogens is 1. The summed E-state index contributed by atoms with van der Waals surface area (Å²) in [7, 11) is 0. The van der Waals surface area contributed by atoms with Gasteiger partial charge in [0, 0.05) is 22.7 Å². The van der Waals surface area contributed by atoms with E-state index in [4.69, 9.17) is 26.3 Å². The van der Waals surface area contributed by atoms with E-state index in [9.17, 15) is 4.79 Å². The van der Waals surface area contributed by atoms with Crippen LogP contribution in [0.5, 0.6) is 11.6 Å². The highest BCUT2D eigenvalue weighted by molar-refractivity contribution is 8.00. The molecular weight excluding hydrogens is 466 g/mol. The molecule has 7 heteroatoms. The molecular formula is C27H22ClN3O2S. The molecule has 0 fully saturated rings. The molecule has 0 spiro atoms. The SMILES string of the molecule is Cc1ccc(-c2nc3c(c(SCC(=O)Nc4ccc(Cl)cc4)n2)Cc2cccc(C)c2O3)cc1. The van der Waals surface area contributed by atoms with Gasteiger partial charge in [-0.25, -0.2) is 4.98 Å². The van der Waals surface area contributed by atoms with E-state index < -0.39 is 0 Å². The number of amides is 1. The van der Waals surface area contributed by atoms with Crippen molar-refractivity contribution in [3.8, 4) is 23.0 Å². The number of rotatable bonds is 5. The smallest absolute Gasteiger partial charge is 0.234 e. The van der Waals surface area contributed by atoms with Crippen LogP contribution in [0.25, 0.3) is 11.4 Å². The molecule has 0 bridgehead atoms. The van der Waals surface area contributed by atoms with E-state index in [-0.39, 0.29) is 11.7 Å². The molecule has 1 aliphatic heterocycles. The maximum atomic E-state index is 12.6. The van der Waals surface area contributed by atoms with Gasteiger partial charge in [0.1, 0.15) is 10.8 Å². The van der Waals surface area contributed by atoms with Gasteiger partial charge in [-0.3, -0.25) is 4.79 Å². The fourth-order valence-corrected chi connectivity index (χ4v) is 4.73. The molecule has 34 heavy (non-hydrogen) atoms. The van der Waals surface area contributed by atoms with Crippen LogP contribution in [0.4, 0.5) is 5.69 Å². The second-order valence-electron chi connectivity index (χ2n) is 8.19. The lowest BCUT2D eigenvalue weighted by atomic mass is 10.0. The van der Waals surface area contributed by atoms with Crippen LogP contribution in [0.3, 0.4) is 0 Å². The molecule has 5 nitrogen and oxygen atoms in total. The fraction of sp³-hybridized carbons (Fsp3) is 0.148. The first-order valence-corrected chi connectivity index (χ1v) is 12.2. The van der Waals surface area contributed by atoms with Gasteiger partial charge in [0.2, 0.25) is 11.8 Å². The van der Waals surface area contributed by atoms with Crippen molar-refractivity contribution in [1.82, 2.24) is 9.97 Å². The lowest BCUT2D eigenvalue weighted by molar-refractivity contribution is -0.113. The van der Waals surface area contributed by atoms with Crippen molar-refractivity contribution in [2.24, 2.45) is 0 Å². The van der Waals surface area contributed by atoms with Gasteiger partial charge in [0.05, 0.1) is 11.3 Å². The standard InChI is InChI=1S/C27H22ClN3O2S/c1-16-6-8-18(9-7-16)25-30-26-22(14-19-5-3-4-17(2)24(19)33-26)27(31-25)34-15-23(32)29-21-12-10-20(28)11-13-21/h3-13H,14-15H2,1-2H3,(H,29,32). The highest BCUT2D eigenvalue weighted by Crippen LogP contribution is 2.41. The van der Waals surface area contributed by atoms with Gasteiger partial charge in [-0.2, -0.15) is 4.98 Å². The lowest BCUT2D eigenvalue weighted by Crippen LogP contribution is -2.15. The predicted molar refractivity (Wildman–Crippen MR) is 137 cm³/mol. The molecule has 4 aromatic rings. The van der Waals surface area contributed by atoms with Gasteiger partial charge in [-0.15, -0.1) is 0 Å². The van der Waals surface area contributed by atoms with E-state index in [2.05, 4.69) is 11.4 Å². The zero-order chi connectivity index (χ0) is 23.7. The van der Waals surface area contributed by atoms with Crippen LogP contribution >= 0.6 is 23.4 Å². The first-order chi connectivity index (χ1) is 16.5. The largest absolute Gasteiger partial charge is 0.438 e.